The summed E-state index contributed by atoms with van der Waals surface area (Å²) in [4.78, 5) is 0. The Bertz CT molecular complexity index is 831. The van der Waals surface area contributed by atoms with Crippen LogP contribution >= 0.6 is 12.4 Å². The van der Waals surface area contributed by atoms with E-state index in [0.29, 0.717) is 6.54 Å². The van der Waals surface area contributed by atoms with Crippen LogP contribution in [0.4, 0.5) is 4.39 Å². The highest BCUT2D eigenvalue weighted by Gasteiger charge is 2.16. The topological polar surface area (TPSA) is 12.0 Å². The second kappa shape index (κ2) is 8.66. The minimum absolute atomic E-state index is 0. The minimum atomic E-state index is -0.417. The van der Waals surface area contributed by atoms with E-state index in [1.54, 1.807) is 0 Å². The van der Waals surface area contributed by atoms with Gasteiger partial charge in [-0.25, -0.2) is 4.39 Å². The van der Waals surface area contributed by atoms with Gasteiger partial charge in [0.05, 0.1) is 6.04 Å². The molecule has 0 fully saturated rings. The molecule has 0 bridgehead atoms. The van der Waals surface area contributed by atoms with Crippen LogP contribution in [0.1, 0.15) is 43.5 Å². The van der Waals surface area contributed by atoms with E-state index in [0.717, 1.165) is 5.56 Å². The summed E-state index contributed by atoms with van der Waals surface area (Å²) in [7, 11) is 0. The zero-order chi connectivity index (χ0) is 17.9. The van der Waals surface area contributed by atoms with E-state index in [1.165, 1.54) is 21.9 Å². The van der Waals surface area contributed by atoms with Crippen molar-refractivity contribution in [2.24, 2.45) is 0 Å². The Morgan fingerprint density at radius 3 is 2.19 bits per heavy atom. The van der Waals surface area contributed by atoms with Gasteiger partial charge in [-0.15, -0.1) is 12.4 Å². The van der Waals surface area contributed by atoms with Gasteiger partial charge in [0.1, 0.15) is 6.67 Å². The van der Waals surface area contributed by atoms with Crippen LogP contribution in [0, 0.1) is 0 Å². The average molecular weight is 372 g/mol. The third-order valence-corrected chi connectivity index (χ3v) is 4.75. The van der Waals surface area contributed by atoms with E-state index in [2.05, 4.69) is 68.6 Å². The van der Waals surface area contributed by atoms with E-state index < -0.39 is 6.67 Å². The van der Waals surface area contributed by atoms with Crippen LogP contribution in [-0.4, -0.2) is 6.67 Å². The summed E-state index contributed by atoms with van der Waals surface area (Å²) in [5, 5.41) is 5.81. The summed E-state index contributed by atoms with van der Waals surface area (Å²) in [6.07, 6.45) is 0. The summed E-state index contributed by atoms with van der Waals surface area (Å²) in [6.45, 7) is 6.80. The molecular weight excluding hydrogens is 345 g/mol. The van der Waals surface area contributed by atoms with Gasteiger partial charge < -0.3 is 5.32 Å². The number of nitrogens with one attached hydrogen (secondary N) is 1. The second-order valence-electron chi connectivity index (χ2n) is 7.60. The van der Waals surface area contributed by atoms with Crippen molar-refractivity contribution in [1.82, 2.24) is 5.32 Å². The molecule has 1 nitrogen and oxygen atoms in total. The van der Waals surface area contributed by atoms with Gasteiger partial charge in [-0.2, -0.15) is 0 Å². The lowest BCUT2D eigenvalue weighted by atomic mass is 9.86. The maximum absolute atomic E-state index is 13.6. The molecule has 1 atom stereocenters. The van der Waals surface area contributed by atoms with Crippen LogP contribution in [-0.2, 0) is 12.0 Å². The highest BCUT2D eigenvalue weighted by atomic mass is 35.5. The van der Waals surface area contributed by atoms with Crippen LogP contribution in [0.15, 0.2) is 66.7 Å². The molecule has 3 aromatic rings. The predicted octanol–water partition coefficient (Wildman–Crippen LogP) is 6.36. The van der Waals surface area contributed by atoms with Gasteiger partial charge in [0.2, 0.25) is 0 Å². The van der Waals surface area contributed by atoms with E-state index in [-0.39, 0.29) is 23.9 Å². The minimum Gasteiger partial charge on any atom is -0.304 e. The number of alkyl halides is 1. The Kier molecular flexibility index (Phi) is 6.80. The standard InChI is InChI=1S/C23H26FN.ClH/c1-23(2,3)20-13-11-18(12-14-20)22(15-24)25-16-19-9-6-8-17-7-4-5-10-21(17)19;/h4-14,22,25H,15-16H2,1-3H3;1H/t22-;/m0./s1. The molecule has 0 aromatic heterocycles. The second-order valence-corrected chi connectivity index (χ2v) is 7.60. The predicted molar refractivity (Wildman–Crippen MR) is 112 cm³/mol. The maximum atomic E-state index is 13.6. The van der Waals surface area contributed by atoms with Gasteiger partial charge in [-0.05, 0) is 32.9 Å². The van der Waals surface area contributed by atoms with Gasteiger partial charge >= 0.3 is 0 Å². The normalized spacial score (nSPS) is 12.6. The van der Waals surface area contributed by atoms with Gasteiger partial charge in [0, 0.05) is 6.54 Å². The molecule has 0 saturated heterocycles. The number of fused-ring (bicyclic) bond motifs is 1. The smallest absolute Gasteiger partial charge is 0.109 e. The van der Waals surface area contributed by atoms with Crippen LogP contribution in [0.25, 0.3) is 10.8 Å². The summed E-state index contributed by atoms with van der Waals surface area (Å²) in [5.74, 6) is 0. The van der Waals surface area contributed by atoms with E-state index in [9.17, 15) is 4.39 Å². The highest BCUT2D eigenvalue weighted by Crippen LogP contribution is 2.25. The maximum Gasteiger partial charge on any atom is 0.109 e. The van der Waals surface area contributed by atoms with Crippen LogP contribution in [0.3, 0.4) is 0 Å². The van der Waals surface area contributed by atoms with Crippen molar-refractivity contribution in [3.63, 3.8) is 0 Å². The molecule has 1 N–H and O–H groups in total. The van der Waals surface area contributed by atoms with Gasteiger partial charge in [-0.3, -0.25) is 0 Å². The summed E-state index contributed by atoms with van der Waals surface area (Å²) in [6, 6.07) is 22.6. The molecule has 0 radical (unpaired) electrons. The molecule has 138 valence electrons. The highest BCUT2D eigenvalue weighted by molar-refractivity contribution is 5.86. The van der Waals surface area contributed by atoms with Crippen LogP contribution in [0.5, 0.6) is 0 Å². The van der Waals surface area contributed by atoms with Crippen molar-refractivity contribution in [3.8, 4) is 0 Å². The van der Waals surface area contributed by atoms with Crippen LogP contribution in [0.2, 0.25) is 0 Å². The van der Waals surface area contributed by atoms with Gasteiger partial charge in [0.25, 0.3) is 0 Å². The Labute approximate surface area is 162 Å². The molecule has 0 aliphatic rings. The zero-order valence-electron chi connectivity index (χ0n) is 15.6. The molecular formula is C23H27ClFN. The summed E-state index contributed by atoms with van der Waals surface area (Å²) in [5.41, 5.74) is 3.57. The SMILES string of the molecule is CC(C)(C)c1ccc([C@H](CF)NCc2cccc3ccccc23)cc1.Cl. The Hall–Kier alpha value is -1.90. The lowest BCUT2D eigenvalue weighted by molar-refractivity contribution is 0.381. The first-order valence-corrected chi connectivity index (χ1v) is 8.85. The molecule has 0 unspecified atom stereocenters. The van der Waals surface area contributed by atoms with Gasteiger partial charge in [-0.1, -0.05) is 87.5 Å². The first-order valence-electron chi connectivity index (χ1n) is 8.85. The molecule has 0 saturated carbocycles. The molecule has 3 aromatic carbocycles. The Morgan fingerprint density at radius 1 is 0.885 bits per heavy atom. The lowest BCUT2D eigenvalue weighted by Crippen LogP contribution is -2.23. The molecule has 26 heavy (non-hydrogen) atoms. The van der Waals surface area contributed by atoms with E-state index in [4.69, 9.17) is 0 Å². The molecule has 0 aliphatic heterocycles. The van der Waals surface area contributed by atoms with Crippen molar-refractivity contribution in [2.75, 3.05) is 6.67 Å². The van der Waals surface area contributed by atoms with Crippen molar-refractivity contribution in [2.45, 2.75) is 38.8 Å². The molecule has 3 heteroatoms. The van der Waals surface area contributed by atoms with Crippen molar-refractivity contribution < 1.29 is 4.39 Å². The van der Waals surface area contributed by atoms with Crippen molar-refractivity contribution in [3.05, 3.63) is 83.4 Å². The Balaban J connectivity index is 0.00000243. The monoisotopic (exact) mass is 371 g/mol. The number of halogens is 2. The first-order chi connectivity index (χ1) is 12.0. The number of hydrogen-bond acceptors (Lipinski definition) is 1. The average Bonchev–Trinajstić information content (AvgIpc) is 2.62. The zero-order valence-corrected chi connectivity index (χ0v) is 16.4. The van der Waals surface area contributed by atoms with Crippen LogP contribution < -0.4 is 5.32 Å². The quantitative estimate of drug-likeness (QED) is 0.550. The molecule has 0 heterocycles. The molecule has 0 amide bonds. The number of rotatable bonds is 5. The fourth-order valence-corrected chi connectivity index (χ4v) is 3.16. The van der Waals surface area contributed by atoms with Crippen molar-refractivity contribution >= 4 is 23.2 Å². The molecule has 3 rings (SSSR count). The number of hydrogen-bond donors (Lipinski definition) is 1. The third-order valence-electron chi connectivity index (χ3n) is 4.75. The largest absolute Gasteiger partial charge is 0.304 e. The fraction of sp³-hybridized carbons (Fsp3) is 0.304. The summed E-state index contributed by atoms with van der Waals surface area (Å²) < 4.78 is 13.6. The first kappa shape index (κ1) is 20.4. The fourth-order valence-electron chi connectivity index (χ4n) is 3.16. The number of benzene rings is 3. The van der Waals surface area contributed by atoms with E-state index >= 15 is 0 Å². The van der Waals surface area contributed by atoms with E-state index in [1.807, 2.05) is 24.3 Å². The third kappa shape index (κ3) is 4.63. The van der Waals surface area contributed by atoms with Crippen molar-refractivity contribution in [1.29, 1.82) is 0 Å². The lowest BCUT2D eigenvalue weighted by Gasteiger charge is -2.21. The Morgan fingerprint density at radius 2 is 1.54 bits per heavy atom. The molecule has 0 aliphatic carbocycles. The summed E-state index contributed by atoms with van der Waals surface area (Å²) >= 11 is 0. The molecule has 0 spiro atoms. The van der Waals surface area contributed by atoms with Gasteiger partial charge in [0.15, 0.2) is 0 Å².